The van der Waals surface area contributed by atoms with Crippen molar-refractivity contribution in [1.29, 1.82) is 0 Å². The van der Waals surface area contributed by atoms with Crippen molar-refractivity contribution in [3.8, 4) is 0 Å². The van der Waals surface area contributed by atoms with Crippen molar-refractivity contribution in [2.45, 2.75) is 19.3 Å². The maximum atomic E-state index is 11.4. The monoisotopic (exact) mass is 169 g/mol. The summed E-state index contributed by atoms with van der Waals surface area (Å²) in [7, 11) is 1.48. The summed E-state index contributed by atoms with van der Waals surface area (Å²) in [6.45, 7) is 1.87. The Balaban J connectivity index is 2.06. The molecule has 0 bridgehead atoms. The molecule has 1 heterocycles. The Morgan fingerprint density at radius 3 is 3.25 bits per heavy atom. The van der Waals surface area contributed by atoms with Crippen LogP contribution < -0.4 is 5.32 Å². The lowest BCUT2D eigenvalue weighted by Crippen LogP contribution is -2.31. The Hall–Kier alpha value is -0.570. The van der Waals surface area contributed by atoms with Gasteiger partial charge in [-0.25, -0.2) is 0 Å². The van der Waals surface area contributed by atoms with Gasteiger partial charge in [-0.2, -0.15) is 0 Å². The number of nitrogens with one attached hydrogen (secondary N) is 1. The van der Waals surface area contributed by atoms with Crippen LogP contribution in [0.2, 0.25) is 0 Å². The molecular formula is C9H15NO2. The van der Waals surface area contributed by atoms with Crippen molar-refractivity contribution in [3.05, 3.63) is 0 Å². The maximum Gasteiger partial charge on any atom is 0.313 e. The Labute approximate surface area is 72.5 Å². The molecule has 0 aromatic heterocycles. The first kappa shape index (κ1) is 8.05. The molecule has 2 atom stereocenters. The summed E-state index contributed by atoms with van der Waals surface area (Å²) in [6.07, 6.45) is 3.41. The number of rotatable bonds is 1. The molecule has 1 saturated heterocycles. The van der Waals surface area contributed by atoms with Gasteiger partial charge in [0.25, 0.3) is 0 Å². The number of carbonyl (C=O) groups excluding carboxylic acids is 1. The minimum atomic E-state index is -0.134. The van der Waals surface area contributed by atoms with Gasteiger partial charge in [0.05, 0.1) is 12.5 Å². The van der Waals surface area contributed by atoms with Crippen LogP contribution >= 0.6 is 0 Å². The highest BCUT2D eigenvalue weighted by atomic mass is 16.5. The van der Waals surface area contributed by atoms with Gasteiger partial charge >= 0.3 is 5.97 Å². The summed E-state index contributed by atoms with van der Waals surface area (Å²) in [5, 5.41) is 3.29. The van der Waals surface area contributed by atoms with Gasteiger partial charge in [0.1, 0.15) is 0 Å². The fraction of sp³-hybridized carbons (Fsp3) is 0.889. The van der Waals surface area contributed by atoms with Crippen molar-refractivity contribution in [2.24, 2.45) is 11.3 Å². The molecule has 1 aliphatic carbocycles. The van der Waals surface area contributed by atoms with E-state index in [-0.39, 0.29) is 11.4 Å². The molecule has 1 aliphatic heterocycles. The Morgan fingerprint density at radius 1 is 1.67 bits per heavy atom. The topological polar surface area (TPSA) is 38.3 Å². The fourth-order valence-corrected chi connectivity index (χ4v) is 2.29. The Bertz CT molecular complexity index is 205. The maximum absolute atomic E-state index is 11.4. The molecule has 0 radical (unpaired) electrons. The summed E-state index contributed by atoms with van der Waals surface area (Å²) in [4.78, 5) is 11.4. The number of hydrogen-bond acceptors (Lipinski definition) is 3. The third-order valence-corrected chi connectivity index (χ3v) is 3.17. The lowest BCUT2D eigenvalue weighted by atomic mass is 10.0. The largest absolute Gasteiger partial charge is 0.469 e. The second-order valence-corrected chi connectivity index (χ2v) is 3.87. The third-order valence-electron chi connectivity index (χ3n) is 3.17. The van der Waals surface area contributed by atoms with Gasteiger partial charge in [-0.1, -0.05) is 0 Å². The standard InChI is InChI=1S/C9H15NO2/c1-12-8(11)9-5-7(9)3-2-4-10-6-9/h7,10H,2-6H2,1H3. The molecule has 12 heavy (non-hydrogen) atoms. The molecule has 0 spiro atoms. The molecule has 3 nitrogen and oxygen atoms in total. The number of carbonyl (C=O) groups is 1. The number of hydrogen-bond donors (Lipinski definition) is 1. The minimum absolute atomic E-state index is 0.0121. The van der Waals surface area contributed by atoms with Crippen LogP contribution in [0.4, 0.5) is 0 Å². The van der Waals surface area contributed by atoms with Gasteiger partial charge in [0.15, 0.2) is 0 Å². The van der Waals surface area contributed by atoms with E-state index in [1.165, 1.54) is 20.0 Å². The zero-order valence-electron chi connectivity index (χ0n) is 7.43. The van der Waals surface area contributed by atoms with E-state index < -0.39 is 0 Å². The SMILES string of the molecule is COC(=O)C12CNCCCC1C2. The second kappa shape index (κ2) is 2.73. The Morgan fingerprint density at radius 2 is 2.50 bits per heavy atom. The highest BCUT2D eigenvalue weighted by Gasteiger charge is 2.60. The van der Waals surface area contributed by atoms with Gasteiger partial charge in [0.2, 0.25) is 0 Å². The molecule has 1 N–H and O–H groups in total. The molecule has 2 fully saturated rings. The first-order valence-corrected chi connectivity index (χ1v) is 4.59. The molecule has 2 aliphatic rings. The molecule has 0 aromatic rings. The van der Waals surface area contributed by atoms with Crippen LogP contribution in [0.1, 0.15) is 19.3 Å². The summed E-state index contributed by atoms with van der Waals surface area (Å²) in [6, 6.07) is 0. The molecule has 0 aromatic carbocycles. The number of esters is 1. The van der Waals surface area contributed by atoms with E-state index in [0.717, 1.165) is 19.5 Å². The van der Waals surface area contributed by atoms with E-state index >= 15 is 0 Å². The zero-order chi connectivity index (χ0) is 8.60. The van der Waals surface area contributed by atoms with E-state index in [1.54, 1.807) is 0 Å². The third kappa shape index (κ3) is 1.04. The van der Waals surface area contributed by atoms with E-state index in [2.05, 4.69) is 5.32 Å². The van der Waals surface area contributed by atoms with Gasteiger partial charge in [-0.05, 0) is 31.7 Å². The lowest BCUT2D eigenvalue weighted by molar-refractivity contribution is -0.147. The zero-order valence-corrected chi connectivity index (χ0v) is 7.43. The summed E-state index contributed by atoms with van der Waals surface area (Å²) < 4.78 is 4.81. The molecule has 1 saturated carbocycles. The van der Waals surface area contributed by atoms with Gasteiger partial charge in [-0.3, -0.25) is 4.79 Å². The average Bonchev–Trinajstić information content (AvgIpc) is 2.76. The minimum Gasteiger partial charge on any atom is -0.469 e. The summed E-state index contributed by atoms with van der Waals surface area (Å²) in [5.74, 6) is 0.585. The molecule has 2 rings (SSSR count). The van der Waals surface area contributed by atoms with Crippen LogP contribution in [0.3, 0.4) is 0 Å². The van der Waals surface area contributed by atoms with Gasteiger partial charge < -0.3 is 10.1 Å². The predicted octanol–water partition coefficient (Wildman–Crippen LogP) is 0.549. The predicted molar refractivity (Wildman–Crippen MR) is 44.7 cm³/mol. The lowest BCUT2D eigenvalue weighted by Gasteiger charge is -2.12. The van der Waals surface area contributed by atoms with Crippen LogP contribution in [0.25, 0.3) is 0 Å². The smallest absolute Gasteiger partial charge is 0.313 e. The van der Waals surface area contributed by atoms with E-state index in [9.17, 15) is 4.79 Å². The highest BCUT2D eigenvalue weighted by molar-refractivity contribution is 5.81. The average molecular weight is 169 g/mol. The van der Waals surface area contributed by atoms with Crippen LogP contribution in [0.15, 0.2) is 0 Å². The molecular weight excluding hydrogens is 154 g/mol. The van der Waals surface area contributed by atoms with Crippen LogP contribution in [0, 0.1) is 11.3 Å². The first-order chi connectivity index (χ1) is 5.79. The molecule has 68 valence electrons. The van der Waals surface area contributed by atoms with E-state index in [4.69, 9.17) is 4.74 Å². The molecule has 2 unspecified atom stereocenters. The van der Waals surface area contributed by atoms with Crippen molar-refractivity contribution < 1.29 is 9.53 Å². The van der Waals surface area contributed by atoms with Crippen molar-refractivity contribution >= 4 is 5.97 Å². The fourth-order valence-electron chi connectivity index (χ4n) is 2.29. The van der Waals surface area contributed by atoms with Crippen molar-refractivity contribution in [2.75, 3.05) is 20.2 Å². The first-order valence-electron chi connectivity index (χ1n) is 4.59. The van der Waals surface area contributed by atoms with Gasteiger partial charge in [-0.15, -0.1) is 0 Å². The molecule has 0 amide bonds. The Kier molecular flexibility index (Phi) is 1.83. The second-order valence-electron chi connectivity index (χ2n) is 3.87. The number of ether oxygens (including phenoxy) is 1. The van der Waals surface area contributed by atoms with Crippen molar-refractivity contribution in [1.82, 2.24) is 5.32 Å². The number of fused-ring (bicyclic) bond motifs is 1. The highest BCUT2D eigenvalue weighted by Crippen LogP contribution is 2.56. The van der Waals surface area contributed by atoms with Crippen LogP contribution in [-0.2, 0) is 9.53 Å². The van der Waals surface area contributed by atoms with E-state index in [1.807, 2.05) is 0 Å². The summed E-state index contributed by atoms with van der Waals surface area (Å²) in [5.41, 5.74) is -0.134. The molecule has 3 heteroatoms. The van der Waals surface area contributed by atoms with Crippen molar-refractivity contribution in [3.63, 3.8) is 0 Å². The van der Waals surface area contributed by atoms with E-state index in [0.29, 0.717) is 5.92 Å². The normalized spacial score (nSPS) is 39.6. The summed E-state index contributed by atoms with van der Waals surface area (Å²) >= 11 is 0. The van der Waals surface area contributed by atoms with Crippen LogP contribution in [-0.4, -0.2) is 26.2 Å². The van der Waals surface area contributed by atoms with Crippen LogP contribution in [0.5, 0.6) is 0 Å². The number of methoxy groups -OCH3 is 1. The van der Waals surface area contributed by atoms with Gasteiger partial charge in [0, 0.05) is 6.54 Å². The quantitative estimate of drug-likeness (QED) is 0.582.